The lowest BCUT2D eigenvalue weighted by Gasteiger charge is -2.44. The Morgan fingerprint density at radius 2 is 2.16 bits per heavy atom. The summed E-state index contributed by atoms with van der Waals surface area (Å²) in [6.45, 7) is 5.73. The number of hydrogen-bond acceptors (Lipinski definition) is 7. The maximum atomic E-state index is 13.5. The molecule has 2 aliphatic heterocycles. The number of rotatable bonds is 3. The molecule has 160 valence electrons. The molecule has 0 saturated heterocycles. The van der Waals surface area contributed by atoms with E-state index in [2.05, 4.69) is 5.10 Å². The van der Waals surface area contributed by atoms with Crippen LogP contribution in [0.2, 0.25) is 0 Å². The number of thiazole rings is 1. The summed E-state index contributed by atoms with van der Waals surface area (Å²) in [7, 11) is 1.86. The molecule has 0 amide bonds. The zero-order valence-corrected chi connectivity index (χ0v) is 18.5. The van der Waals surface area contributed by atoms with Crippen LogP contribution in [-0.4, -0.2) is 32.6 Å². The Labute approximate surface area is 182 Å². The number of carbonyl (C=O) groups excluding carboxylic acids is 1. The topological polar surface area (TPSA) is 87.7 Å². The Hall–Kier alpha value is -3.20. The predicted molar refractivity (Wildman–Crippen MR) is 115 cm³/mol. The molecule has 0 radical (unpaired) electrons. The number of hydrogen-bond donors (Lipinski definition) is 0. The number of aromatic nitrogens is 3. The van der Waals surface area contributed by atoms with Gasteiger partial charge in [-0.1, -0.05) is 29.5 Å². The Bertz CT molecular complexity index is 1390. The Balaban J connectivity index is 1.79. The number of ether oxygens (including phenoxy) is 2. The smallest absolute Gasteiger partial charge is 0.317 e. The van der Waals surface area contributed by atoms with E-state index in [-0.39, 0.29) is 12.2 Å². The van der Waals surface area contributed by atoms with Crippen LogP contribution in [-0.2, 0) is 16.6 Å². The van der Waals surface area contributed by atoms with Crippen LogP contribution in [0.1, 0.15) is 36.7 Å². The monoisotopic (exact) mass is 438 g/mol. The third-order valence-electron chi connectivity index (χ3n) is 5.98. The molecule has 0 aliphatic carbocycles. The molecule has 2 aliphatic rings. The number of benzene rings is 1. The molecule has 31 heavy (non-hydrogen) atoms. The molecule has 0 saturated carbocycles. The van der Waals surface area contributed by atoms with Crippen LogP contribution in [0.5, 0.6) is 5.75 Å². The van der Waals surface area contributed by atoms with E-state index in [0.29, 0.717) is 15.1 Å². The Kier molecular flexibility index (Phi) is 4.40. The third-order valence-corrected chi connectivity index (χ3v) is 6.96. The van der Waals surface area contributed by atoms with E-state index in [1.54, 1.807) is 29.3 Å². The second kappa shape index (κ2) is 6.91. The van der Waals surface area contributed by atoms with Gasteiger partial charge in [0.1, 0.15) is 11.7 Å². The van der Waals surface area contributed by atoms with Gasteiger partial charge in [0.15, 0.2) is 4.80 Å². The van der Waals surface area contributed by atoms with Crippen LogP contribution in [0.25, 0.3) is 6.08 Å². The first-order chi connectivity index (χ1) is 14.8. The fraction of sp³-hybridized carbons (Fsp3) is 0.364. The van der Waals surface area contributed by atoms with Gasteiger partial charge in [0, 0.05) is 23.9 Å². The molecular weight excluding hydrogens is 416 g/mol. The molecule has 1 aromatic carbocycles. The summed E-state index contributed by atoms with van der Waals surface area (Å²) in [6.07, 6.45) is 3.56. The van der Waals surface area contributed by atoms with Crippen molar-refractivity contribution in [3.63, 3.8) is 0 Å². The van der Waals surface area contributed by atoms with Crippen molar-refractivity contribution in [3.05, 3.63) is 67.0 Å². The standard InChI is InChI=1S/C22H22N4O4S/c1-5-29-20(28)17-18-14-8-6-7-9-15(14)30-22(17,3)24-21-26(18)19(27)16(31-21)10-13-11-23-25(4)12(13)2/h6-11,17-18H,5H2,1-4H3/b16-10+/t17-,18+,22+/m0/s1. The summed E-state index contributed by atoms with van der Waals surface area (Å²) < 4.78 is 15.5. The zero-order valence-electron chi connectivity index (χ0n) is 17.7. The van der Waals surface area contributed by atoms with E-state index in [1.165, 1.54) is 11.3 Å². The molecule has 9 heteroatoms. The van der Waals surface area contributed by atoms with Gasteiger partial charge < -0.3 is 9.47 Å². The molecule has 0 spiro atoms. The average Bonchev–Trinajstić information content (AvgIpc) is 3.20. The lowest BCUT2D eigenvalue weighted by atomic mass is 9.81. The second-order valence-corrected chi connectivity index (χ2v) is 8.87. The molecule has 0 fully saturated rings. The van der Waals surface area contributed by atoms with E-state index >= 15 is 0 Å². The van der Waals surface area contributed by atoms with Crippen LogP contribution in [0.3, 0.4) is 0 Å². The zero-order chi connectivity index (χ0) is 21.9. The SMILES string of the molecule is CCOC(=O)[C@@H]1[C@H]2c3ccccc3O[C@@]1(C)N=c1s/c(=C/c3cnn(C)c3C)c(=O)n12. The van der Waals surface area contributed by atoms with Gasteiger partial charge in [0.05, 0.1) is 23.4 Å². The highest BCUT2D eigenvalue weighted by atomic mass is 32.1. The van der Waals surface area contributed by atoms with E-state index in [1.807, 2.05) is 44.3 Å². The van der Waals surface area contributed by atoms with Crippen LogP contribution < -0.4 is 19.6 Å². The molecule has 4 heterocycles. The molecule has 0 N–H and O–H groups in total. The normalized spacial score (nSPS) is 24.1. The lowest BCUT2D eigenvalue weighted by Crippen LogP contribution is -2.58. The summed E-state index contributed by atoms with van der Waals surface area (Å²) in [5.41, 5.74) is 1.25. The largest absolute Gasteiger partial charge is 0.466 e. The van der Waals surface area contributed by atoms with Gasteiger partial charge >= 0.3 is 5.97 Å². The van der Waals surface area contributed by atoms with Crippen molar-refractivity contribution in [1.29, 1.82) is 0 Å². The van der Waals surface area contributed by atoms with Gasteiger partial charge in [0.2, 0.25) is 5.72 Å². The highest BCUT2D eigenvalue weighted by Crippen LogP contribution is 2.47. The predicted octanol–water partition coefficient (Wildman–Crippen LogP) is 1.29. The van der Waals surface area contributed by atoms with Crippen molar-refractivity contribution in [3.8, 4) is 5.75 Å². The van der Waals surface area contributed by atoms with Crippen molar-refractivity contribution >= 4 is 23.4 Å². The van der Waals surface area contributed by atoms with Crippen molar-refractivity contribution in [2.45, 2.75) is 32.5 Å². The highest BCUT2D eigenvalue weighted by molar-refractivity contribution is 7.07. The first-order valence-corrected chi connectivity index (χ1v) is 10.9. The average molecular weight is 439 g/mol. The van der Waals surface area contributed by atoms with Crippen molar-refractivity contribution < 1.29 is 14.3 Å². The van der Waals surface area contributed by atoms with Crippen LogP contribution >= 0.6 is 11.3 Å². The van der Waals surface area contributed by atoms with Crippen LogP contribution in [0.4, 0.5) is 0 Å². The third kappa shape index (κ3) is 2.87. The maximum absolute atomic E-state index is 13.5. The van der Waals surface area contributed by atoms with E-state index in [0.717, 1.165) is 16.8 Å². The van der Waals surface area contributed by atoms with Crippen LogP contribution in [0, 0.1) is 12.8 Å². The second-order valence-electron chi connectivity index (χ2n) is 7.86. The number of nitrogens with zero attached hydrogens (tertiary/aromatic N) is 4. The minimum Gasteiger partial charge on any atom is -0.466 e. The van der Waals surface area contributed by atoms with Gasteiger partial charge in [-0.15, -0.1) is 0 Å². The molecule has 8 nitrogen and oxygen atoms in total. The summed E-state index contributed by atoms with van der Waals surface area (Å²) in [4.78, 5) is 31.8. The van der Waals surface area contributed by atoms with Gasteiger partial charge in [-0.3, -0.25) is 18.8 Å². The van der Waals surface area contributed by atoms with Crippen molar-refractivity contribution in [2.24, 2.45) is 18.0 Å². The molecule has 3 aromatic rings. The Morgan fingerprint density at radius 1 is 1.39 bits per heavy atom. The number of aryl methyl sites for hydroxylation is 1. The molecular formula is C22H22N4O4S. The minimum absolute atomic E-state index is 0.190. The lowest BCUT2D eigenvalue weighted by molar-refractivity contribution is -0.160. The summed E-state index contributed by atoms with van der Waals surface area (Å²) in [6, 6.07) is 6.92. The Morgan fingerprint density at radius 3 is 2.87 bits per heavy atom. The highest BCUT2D eigenvalue weighted by Gasteiger charge is 2.55. The fourth-order valence-electron chi connectivity index (χ4n) is 4.33. The van der Waals surface area contributed by atoms with Crippen molar-refractivity contribution in [1.82, 2.24) is 14.3 Å². The summed E-state index contributed by atoms with van der Waals surface area (Å²) >= 11 is 1.29. The first-order valence-electron chi connectivity index (χ1n) is 10.1. The van der Waals surface area contributed by atoms with E-state index in [4.69, 9.17) is 14.5 Å². The van der Waals surface area contributed by atoms with Gasteiger partial charge in [0.25, 0.3) is 5.56 Å². The van der Waals surface area contributed by atoms with Gasteiger partial charge in [-0.2, -0.15) is 5.10 Å². The number of esters is 1. The maximum Gasteiger partial charge on any atom is 0.317 e. The van der Waals surface area contributed by atoms with Gasteiger partial charge in [-0.25, -0.2) is 4.99 Å². The number of carbonyl (C=O) groups is 1. The minimum atomic E-state index is -1.16. The first kappa shape index (κ1) is 19.7. The quantitative estimate of drug-likeness (QED) is 0.575. The molecule has 2 aromatic heterocycles. The van der Waals surface area contributed by atoms with Gasteiger partial charge in [-0.05, 0) is 32.9 Å². The molecule has 5 rings (SSSR count). The fourth-order valence-corrected chi connectivity index (χ4v) is 5.42. The van der Waals surface area contributed by atoms with Crippen molar-refractivity contribution in [2.75, 3.05) is 6.61 Å². The van der Waals surface area contributed by atoms with E-state index in [9.17, 15) is 9.59 Å². The molecule has 0 unspecified atom stereocenters. The summed E-state index contributed by atoms with van der Waals surface area (Å²) in [5, 5.41) is 4.25. The van der Waals surface area contributed by atoms with E-state index < -0.39 is 23.7 Å². The molecule has 3 atom stereocenters. The van der Waals surface area contributed by atoms with Crippen LogP contribution in [0.15, 0.2) is 40.2 Å². The molecule has 2 bridgehead atoms. The number of para-hydroxylation sites is 1. The summed E-state index contributed by atoms with van der Waals surface area (Å²) in [5.74, 6) is -0.572. The number of fused-ring (bicyclic) bond motifs is 6.